The highest BCUT2D eigenvalue weighted by Crippen LogP contribution is 1.83. The zero-order valence-corrected chi connectivity index (χ0v) is 10.1. The molecule has 4 nitrogen and oxygen atoms in total. The van der Waals surface area contributed by atoms with Gasteiger partial charge in [0.25, 0.3) is 0 Å². The van der Waals surface area contributed by atoms with Crippen molar-refractivity contribution < 1.29 is 14.2 Å². The van der Waals surface area contributed by atoms with Gasteiger partial charge in [-0.3, -0.25) is 0 Å². The SMILES string of the molecule is CCCNCCCOCCOCCOC. The van der Waals surface area contributed by atoms with E-state index in [9.17, 15) is 0 Å². The summed E-state index contributed by atoms with van der Waals surface area (Å²) in [5.74, 6) is 0. The first-order valence-corrected chi connectivity index (χ1v) is 5.77. The molecule has 0 aromatic rings. The van der Waals surface area contributed by atoms with Gasteiger partial charge in [-0.25, -0.2) is 0 Å². The Morgan fingerprint density at radius 2 is 1.53 bits per heavy atom. The Morgan fingerprint density at radius 1 is 0.867 bits per heavy atom. The molecule has 0 bridgehead atoms. The van der Waals surface area contributed by atoms with Crippen LogP contribution in [0.5, 0.6) is 0 Å². The average Bonchev–Trinajstić information content (AvgIpc) is 2.26. The molecule has 0 saturated carbocycles. The molecule has 0 rings (SSSR count). The highest BCUT2D eigenvalue weighted by molar-refractivity contribution is 4.45. The van der Waals surface area contributed by atoms with Crippen molar-refractivity contribution >= 4 is 0 Å². The minimum absolute atomic E-state index is 0.651. The van der Waals surface area contributed by atoms with Gasteiger partial charge < -0.3 is 19.5 Å². The summed E-state index contributed by atoms with van der Waals surface area (Å²) in [7, 11) is 1.67. The van der Waals surface area contributed by atoms with Crippen LogP contribution >= 0.6 is 0 Å². The maximum atomic E-state index is 5.39. The van der Waals surface area contributed by atoms with E-state index in [0.717, 1.165) is 26.1 Å². The molecule has 0 aromatic heterocycles. The molecule has 0 heterocycles. The number of rotatable bonds is 12. The third-order valence-corrected chi connectivity index (χ3v) is 1.87. The van der Waals surface area contributed by atoms with Crippen molar-refractivity contribution in [3.05, 3.63) is 0 Å². The maximum absolute atomic E-state index is 5.39. The topological polar surface area (TPSA) is 39.7 Å². The third kappa shape index (κ3) is 13.8. The van der Waals surface area contributed by atoms with Gasteiger partial charge in [0, 0.05) is 13.7 Å². The normalized spacial score (nSPS) is 10.8. The summed E-state index contributed by atoms with van der Waals surface area (Å²) in [6, 6.07) is 0. The maximum Gasteiger partial charge on any atom is 0.0701 e. The van der Waals surface area contributed by atoms with Crippen LogP contribution < -0.4 is 5.32 Å². The first-order valence-electron chi connectivity index (χ1n) is 5.77. The zero-order valence-electron chi connectivity index (χ0n) is 10.1. The van der Waals surface area contributed by atoms with Crippen molar-refractivity contribution in [1.82, 2.24) is 5.32 Å². The summed E-state index contributed by atoms with van der Waals surface area (Å²) in [6.07, 6.45) is 2.26. The molecule has 0 aliphatic rings. The van der Waals surface area contributed by atoms with E-state index in [1.807, 2.05) is 0 Å². The number of methoxy groups -OCH3 is 1. The van der Waals surface area contributed by atoms with Crippen molar-refractivity contribution in [3.8, 4) is 0 Å². The molecule has 0 fully saturated rings. The quantitative estimate of drug-likeness (QED) is 0.498. The van der Waals surface area contributed by atoms with Crippen molar-refractivity contribution in [3.63, 3.8) is 0 Å². The molecule has 92 valence electrons. The van der Waals surface area contributed by atoms with Crippen molar-refractivity contribution in [1.29, 1.82) is 0 Å². The molecule has 0 atom stereocenters. The standard InChI is InChI=1S/C11H25NO3/c1-3-5-12-6-4-7-14-10-11-15-9-8-13-2/h12H,3-11H2,1-2H3. The Kier molecular flexibility index (Phi) is 13.7. The van der Waals surface area contributed by atoms with Crippen LogP contribution in [-0.4, -0.2) is 53.2 Å². The lowest BCUT2D eigenvalue weighted by Gasteiger charge is -2.06. The summed E-state index contributed by atoms with van der Waals surface area (Å²) in [5, 5.41) is 3.33. The number of nitrogens with one attached hydrogen (secondary N) is 1. The van der Waals surface area contributed by atoms with Crippen LogP contribution in [-0.2, 0) is 14.2 Å². The molecule has 0 aliphatic heterocycles. The van der Waals surface area contributed by atoms with Crippen molar-refractivity contribution in [2.75, 3.05) is 53.2 Å². The molecule has 4 heteroatoms. The Balaban J connectivity index is 2.81. The smallest absolute Gasteiger partial charge is 0.0701 e. The van der Waals surface area contributed by atoms with Gasteiger partial charge in [0.05, 0.1) is 26.4 Å². The highest BCUT2D eigenvalue weighted by atomic mass is 16.5. The summed E-state index contributed by atoms with van der Waals surface area (Å²) in [6.45, 7) is 7.76. The Bertz CT molecular complexity index is 100. The van der Waals surface area contributed by atoms with Crippen LogP contribution in [0.2, 0.25) is 0 Å². The van der Waals surface area contributed by atoms with Crippen LogP contribution in [0.25, 0.3) is 0 Å². The number of hydrogen-bond acceptors (Lipinski definition) is 4. The van der Waals surface area contributed by atoms with Crippen LogP contribution in [0.3, 0.4) is 0 Å². The molecule has 15 heavy (non-hydrogen) atoms. The summed E-state index contributed by atoms with van der Waals surface area (Å²) in [4.78, 5) is 0. The molecule has 0 amide bonds. The summed E-state index contributed by atoms with van der Waals surface area (Å²) in [5.41, 5.74) is 0. The fourth-order valence-electron chi connectivity index (χ4n) is 1.07. The van der Waals surface area contributed by atoms with Gasteiger partial charge in [0.1, 0.15) is 0 Å². The van der Waals surface area contributed by atoms with E-state index in [4.69, 9.17) is 14.2 Å². The van der Waals surface area contributed by atoms with Gasteiger partial charge in [-0.05, 0) is 25.9 Å². The van der Waals surface area contributed by atoms with E-state index in [-0.39, 0.29) is 0 Å². The van der Waals surface area contributed by atoms with E-state index in [1.165, 1.54) is 6.42 Å². The number of hydrogen-bond donors (Lipinski definition) is 1. The van der Waals surface area contributed by atoms with Gasteiger partial charge in [-0.2, -0.15) is 0 Å². The second-order valence-corrected chi connectivity index (χ2v) is 3.32. The first-order chi connectivity index (χ1) is 7.41. The Hall–Kier alpha value is -0.160. The monoisotopic (exact) mass is 219 g/mol. The average molecular weight is 219 g/mol. The molecule has 0 aromatic carbocycles. The molecule has 0 radical (unpaired) electrons. The largest absolute Gasteiger partial charge is 0.382 e. The Labute approximate surface area is 93.3 Å². The fraction of sp³-hybridized carbons (Fsp3) is 1.00. The lowest BCUT2D eigenvalue weighted by Crippen LogP contribution is -2.18. The summed E-state index contributed by atoms with van der Waals surface area (Å²) >= 11 is 0. The zero-order chi connectivity index (χ0) is 11.2. The molecule has 0 saturated heterocycles. The molecule has 0 aliphatic carbocycles. The van der Waals surface area contributed by atoms with Gasteiger partial charge in [-0.15, -0.1) is 0 Å². The van der Waals surface area contributed by atoms with Gasteiger partial charge in [0.15, 0.2) is 0 Å². The lowest BCUT2D eigenvalue weighted by atomic mass is 10.4. The van der Waals surface area contributed by atoms with Crippen LogP contribution in [0.4, 0.5) is 0 Å². The van der Waals surface area contributed by atoms with Gasteiger partial charge >= 0.3 is 0 Å². The van der Waals surface area contributed by atoms with Crippen LogP contribution in [0.15, 0.2) is 0 Å². The van der Waals surface area contributed by atoms with Crippen molar-refractivity contribution in [2.45, 2.75) is 19.8 Å². The predicted octanol–water partition coefficient (Wildman–Crippen LogP) is 1.06. The molecule has 0 unspecified atom stereocenters. The second-order valence-electron chi connectivity index (χ2n) is 3.32. The first kappa shape index (κ1) is 14.8. The minimum atomic E-state index is 0.651. The lowest BCUT2D eigenvalue weighted by molar-refractivity contribution is 0.0244. The van der Waals surface area contributed by atoms with E-state index in [2.05, 4.69) is 12.2 Å². The molecule has 1 N–H and O–H groups in total. The van der Waals surface area contributed by atoms with E-state index >= 15 is 0 Å². The predicted molar refractivity (Wildman–Crippen MR) is 61.3 cm³/mol. The fourth-order valence-corrected chi connectivity index (χ4v) is 1.07. The van der Waals surface area contributed by atoms with E-state index in [0.29, 0.717) is 26.4 Å². The van der Waals surface area contributed by atoms with E-state index < -0.39 is 0 Å². The van der Waals surface area contributed by atoms with Crippen molar-refractivity contribution in [2.24, 2.45) is 0 Å². The molecule has 0 spiro atoms. The summed E-state index contributed by atoms with van der Waals surface area (Å²) < 4.78 is 15.5. The molecular weight excluding hydrogens is 194 g/mol. The Morgan fingerprint density at radius 3 is 2.20 bits per heavy atom. The third-order valence-electron chi connectivity index (χ3n) is 1.87. The minimum Gasteiger partial charge on any atom is -0.382 e. The molecular formula is C11H25NO3. The highest BCUT2D eigenvalue weighted by Gasteiger charge is 1.90. The van der Waals surface area contributed by atoms with Crippen LogP contribution in [0.1, 0.15) is 19.8 Å². The number of ether oxygens (including phenoxy) is 3. The second kappa shape index (κ2) is 13.8. The van der Waals surface area contributed by atoms with Crippen LogP contribution in [0, 0.1) is 0 Å². The van der Waals surface area contributed by atoms with E-state index in [1.54, 1.807) is 7.11 Å². The van der Waals surface area contributed by atoms with Gasteiger partial charge in [-0.1, -0.05) is 6.92 Å². The van der Waals surface area contributed by atoms with Gasteiger partial charge in [0.2, 0.25) is 0 Å².